The molecule has 24 heavy (non-hydrogen) atoms. The maximum atomic E-state index is 11.1. The molecule has 6 nitrogen and oxygen atoms in total. The molecule has 126 valence electrons. The molecule has 1 amide bonds. The highest BCUT2D eigenvalue weighted by Crippen LogP contribution is 2.24. The Morgan fingerprint density at radius 1 is 1.33 bits per heavy atom. The summed E-state index contributed by atoms with van der Waals surface area (Å²) in [5.41, 5.74) is 1.04. The van der Waals surface area contributed by atoms with E-state index in [2.05, 4.69) is 20.2 Å². The molecule has 0 bridgehead atoms. The summed E-state index contributed by atoms with van der Waals surface area (Å²) in [6.07, 6.45) is 1.77. The van der Waals surface area contributed by atoms with E-state index >= 15 is 0 Å². The van der Waals surface area contributed by atoms with Gasteiger partial charge >= 0.3 is 0 Å². The maximum absolute atomic E-state index is 11.1. The molecule has 1 fully saturated rings. The van der Waals surface area contributed by atoms with Crippen LogP contribution in [0.5, 0.6) is 5.75 Å². The summed E-state index contributed by atoms with van der Waals surface area (Å²) < 4.78 is 5.94. The van der Waals surface area contributed by atoms with E-state index in [0.717, 1.165) is 30.2 Å². The predicted molar refractivity (Wildman–Crippen MR) is 92.3 cm³/mol. The topological polar surface area (TPSA) is 67.3 Å². The summed E-state index contributed by atoms with van der Waals surface area (Å²) >= 11 is 5.80. The molecule has 1 aromatic carbocycles. The third-order valence-corrected chi connectivity index (χ3v) is 4.07. The van der Waals surface area contributed by atoms with Gasteiger partial charge in [0, 0.05) is 13.1 Å². The van der Waals surface area contributed by atoms with Gasteiger partial charge in [-0.2, -0.15) is 0 Å². The van der Waals surface area contributed by atoms with Crippen LogP contribution in [0.4, 0.5) is 5.82 Å². The van der Waals surface area contributed by atoms with Gasteiger partial charge in [0.25, 0.3) is 0 Å². The fourth-order valence-corrected chi connectivity index (χ4v) is 2.76. The summed E-state index contributed by atoms with van der Waals surface area (Å²) in [5, 5.41) is 3.11. The van der Waals surface area contributed by atoms with Gasteiger partial charge in [-0.1, -0.05) is 12.1 Å². The normalized spacial score (nSPS) is 15.5. The SMILES string of the molecule is CC(=O)N[C@@H](C)c1ccc(OC2CN(c3ccnc(Cl)n3)C2)cc1. The zero-order valence-electron chi connectivity index (χ0n) is 13.6. The monoisotopic (exact) mass is 346 g/mol. The lowest BCUT2D eigenvalue weighted by Gasteiger charge is -2.39. The van der Waals surface area contributed by atoms with E-state index in [1.165, 1.54) is 6.92 Å². The van der Waals surface area contributed by atoms with Crippen LogP contribution in [0.25, 0.3) is 0 Å². The number of carbonyl (C=O) groups excluding carboxylic acids is 1. The molecule has 0 radical (unpaired) electrons. The molecule has 1 aliphatic heterocycles. The third kappa shape index (κ3) is 3.94. The fourth-order valence-electron chi connectivity index (χ4n) is 2.62. The van der Waals surface area contributed by atoms with Gasteiger partial charge in [0.15, 0.2) is 0 Å². The number of nitrogens with zero attached hydrogens (tertiary/aromatic N) is 3. The number of aromatic nitrogens is 2. The molecule has 7 heteroatoms. The lowest BCUT2D eigenvalue weighted by Crippen LogP contribution is -2.54. The van der Waals surface area contributed by atoms with Crippen LogP contribution < -0.4 is 15.0 Å². The maximum Gasteiger partial charge on any atom is 0.224 e. The first-order valence-electron chi connectivity index (χ1n) is 7.78. The van der Waals surface area contributed by atoms with E-state index in [1.807, 2.05) is 37.3 Å². The van der Waals surface area contributed by atoms with E-state index in [-0.39, 0.29) is 23.3 Å². The number of hydrogen-bond donors (Lipinski definition) is 1. The van der Waals surface area contributed by atoms with Crippen molar-refractivity contribution in [2.75, 3.05) is 18.0 Å². The van der Waals surface area contributed by atoms with Crippen LogP contribution in [0.2, 0.25) is 5.28 Å². The van der Waals surface area contributed by atoms with Crippen molar-refractivity contribution in [2.45, 2.75) is 26.0 Å². The lowest BCUT2D eigenvalue weighted by molar-refractivity contribution is -0.119. The first kappa shape index (κ1) is 16.5. The van der Waals surface area contributed by atoms with Gasteiger partial charge in [0.1, 0.15) is 17.7 Å². The Kier molecular flexibility index (Phi) is 4.85. The first-order valence-corrected chi connectivity index (χ1v) is 8.16. The van der Waals surface area contributed by atoms with Gasteiger partial charge in [-0.15, -0.1) is 0 Å². The second-order valence-electron chi connectivity index (χ2n) is 5.82. The molecule has 0 saturated carbocycles. The van der Waals surface area contributed by atoms with Gasteiger partial charge in [0.2, 0.25) is 11.2 Å². The molecular weight excluding hydrogens is 328 g/mol. The minimum absolute atomic E-state index is 0.0155. The number of halogens is 1. The molecule has 2 aromatic rings. The van der Waals surface area contributed by atoms with E-state index in [9.17, 15) is 4.79 Å². The second kappa shape index (κ2) is 7.05. The second-order valence-corrected chi connectivity index (χ2v) is 6.16. The largest absolute Gasteiger partial charge is 0.487 e. The Hall–Kier alpha value is -2.34. The fraction of sp³-hybridized carbons (Fsp3) is 0.353. The Bertz CT molecular complexity index is 717. The van der Waals surface area contributed by atoms with Crippen LogP contribution >= 0.6 is 11.6 Å². The van der Waals surface area contributed by atoms with Crippen molar-refractivity contribution in [1.82, 2.24) is 15.3 Å². The molecule has 3 rings (SSSR count). The Morgan fingerprint density at radius 2 is 2.04 bits per heavy atom. The molecule has 0 unspecified atom stereocenters. The zero-order chi connectivity index (χ0) is 17.1. The van der Waals surface area contributed by atoms with Crippen molar-refractivity contribution in [1.29, 1.82) is 0 Å². The zero-order valence-corrected chi connectivity index (χ0v) is 14.3. The van der Waals surface area contributed by atoms with Gasteiger partial charge < -0.3 is 15.0 Å². The van der Waals surface area contributed by atoms with Gasteiger partial charge in [0.05, 0.1) is 19.1 Å². The minimum atomic E-state index is -0.0396. The van der Waals surface area contributed by atoms with Crippen LogP contribution in [0.15, 0.2) is 36.5 Å². The van der Waals surface area contributed by atoms with Gasteiger partial charge in [-0.3, -0.25) is 4.79 Å². The van der Waals surface area contributed by atoms with Crippen LogP contribution in [-0.2, 0) is 4.79 Å². The first-order chi connectivity index (χ1) is 11.5. The number of carbonyl (C=O) groups is 1. The van der Waals surface area contributed by atoms with Gasteiger partial charge in [-0.25, -0.2) is 9.97 Å². The molecule has 1 N–H and O–H groups in total. The predicted octanol–water partition coefficient (Wildman–Crippen LogP) is 2.59. The van der Waals surface area contributed by atoms with Crippen LogP contribution in [-0.4, -0.2) is 35.1 Å². The standard InChI is InChI=1S/C17H19ClN4O2/c1-11(20-12(2)23)13-3-5-14(6-4-13)24-15-9-22(10-15)16-7-8-19-17(18)21-16/h3-8,11,15H,9-10H2,1-2H3,(H,20,23)/t11-/m0/s1. The Balaban J connectivity index is 1.52. The number of benzene rings is 1. The highest BCUT2D eigenvalue weighted by molar-refractivity contribution is 6.28. The number of ether oxygens (including phenoxy) is 1. The number of nitrogens with one attached hydrogen (secondary N) is 1. The molecule has 1 saturated heterocycles. The van der Waals surface area contributed by atoms with Crippen molar-refractivity contribution in [3.8, 4) is 5.75 Å². The summed E-state index contributed by atoms with van der Waals surface area (Å²) in [5.74, 6) is 1.59. The number of amides is 1. The summed E-state index contributed by atoms with van der Waals surface area (Å²) in [7, 11) is 0. The van der Waals surface area contributed by atoms with Crippen LogP contribution in [0.3, 0.4) is 0 Å². The highest BCUT2D eigenvalue weighted by Gasteiger charge is 2.29. The van der Waals surface area contributed by atoms with Crippen LogP contribution in [0.1, 0.15) is 25.5 Å². The third-order valence-electron chi connectivity index (χ3n) is 3.89. The number of rotatable bonds is 5. The molecule has 0 spiro atoms. The van der Waals surface area contributed by atoms with E-state index in [0.29, 0.717) is 0 Å². The smallest absolute Gasteiger partial charge is 0.224 e. The summed E-state index contributed by atoms with van der Waals surface area (Å²) in [6, 6.07) is 9.61. The Labute approximate surface area is 145 Å². The van der Waals surface area contributed by atoms with Crippen molar-refractivity contribution >= 4 is 23.3 Å². The van der Waals surface area contributed by atoms with Gasteiger partial charge in [-0.05, 0) is 42.3 Å². The van der Waals surface area contributed by atoms with Crippen molar-refractivity contribution in [3.63, 3.8) is 0 Å². The summed E-state index contributed by atoms with van der Waals surface area (Å²) in [4.78, 5) is 21.2. The Morgan fingerprint density at radius 3 is 2.67 bits per heavy atom. The van der Waals surface area contributed by atoms with Crippen molar-refractivity contribution < 1.29 is 9.53 Å². The average molecular weight is 347 g/mol. The minimum Gasteiger partial charge on any atom is -0.487 e. The molecule has 1 atom stereocenters. The van der Waals surface area contributed by atoms with E-state index < -0.39 is 0 Å². The molecule has 2 heterocycles. The highest BCUT2D eigenvalue weighted by atomic mass is 35.5. The van der Waals surface area contributed by atoms with Crippen molar-refractivity contribution in [2.24, 2.45) is 0 Å². The molecule has 1 aromatic heterocycles. The van der Waals surface area contributed by atoms with Crippen LogP contribution in [0, 0.1) is 0 Å². The van der Waals surface area contributed by atoms with Crippen molar-refractivity contribution in [3.05, 3.63) is 47.4 Å². The van der Waals surface area contributed by atoms with E-state index in [4.69, 9.17) is 16.3 Å². The number of anilines is 1. The van der Waals surface area contributed by atoms with E-state index in [1.54, 1.807) is 6.20 Å². The summed E-state index contributed by atoms with van der Waals surface area (Å²) in [6.45, 7) is 4.99. The average Bonchev–Trinajstić information content (AvgIpc) is 2.50. The quantitative estimate of drug-likeness (QED) is 0.843. The molecule has 0 aliphatic carbocycles. The lowest BCUT2D eigenvalue weighted by atomic mass is 10.1. The molecule has 1 aliphatic rings. The molecular formula is C17H19ClN4O2. The number of hydrogen-bond acceptors (Lipinski definition) is 5.